The second kappa shape index (κ2) is 5.42. The van der Waals surface area contributed by atoms with Gasteiger partial charge in [-0.1, -0.05) is 0 Å². The molecule has 1 saturated carbocycles. The molecular weight excluding hydrogens is 226 g/mol. The van der Waals surface area contributed by atoms with Crippen LogP contribution < -0.4 is 4.74 Å². The first-order chi connectivity index (χ1) is 8.56. The van der Waals surface area contributed by atoms with Crippen molar-refractivity contribution in [2.24, 2.45) is 5.92 Å². The van der Waals surface area contributed by atoms with Gasteiger partial charge in [0.15, 0.2) is 0 Å². The Bertz CT molecular complexity index is 407. The topological polar surface area (TPSA) is 29.5 Å². The summed E-state index contributed by atoms with van der Waals surface area (Å²) < 4.78 is 5.56. The first-order valence-corrected chi connectivity index (χ1v) is 6.58. The molecule has 0 radical (unpaired) electrons. The predicted octanol–water partition coefficient (Wildman–Crippen LogP) is 2.96. The third-order valence-corrected chi connectivity index (χ3v) is 3.05. The smallest absolute Gasteiger partial charge is 0.253 e. The lowest BCUT2D eigenvalue weighted by Gasteiger charge is -2.17. The van der Waals surface area contributed by atoms with E-state index in [4.69, 9.17) is 4.74 Å². The van der Waals surface area contributed by atoms with E-state index in [9.17, 15) is 4.79 Å². The Morgan fingerprint density at radius 2 is 1.94 bits per heavy atom. The summed E-state index contributed by atoms with van der Waals surface area (Å²) in [6.45, 7) is 4.86. The predicted molar refractivity (Wildman–Crippen MR) is 71.9 cm³/mol. The molecule has 2 rings (SSSR count). The molecule has 1 aromatic rings. The first-order valence-electron chi connectivity index (χ1n) is 6.58. The van der Waals surface area contributed by atoms with Crippen LogP contribution in [0.4, 0.5) is 0 Å². The minimum atomic E-state index is 0.0954. The lowest BCUT2D eigenvalue weighted by atomic mass is 10.2. The number of benzene rings is 1. The Kier molecular flexibility index (Phi) is 3.90. The normalized spacial score (nSPS) is 14.7. The Labute approximate surface area is 109 Å². The van der Waals surface area contributed by atoms with E-state index in [1.807, 2.05) is 50.1 Å². The highest BCUT2D eigenvalue weighted by atomic mass is 16.5. The summed E-state index contributed by atoms with van der Waals surface area (Å²) in [4.78, 5) is 13.9. The van der Waals surface area contributed by atoms with Gasteiger partial charge in [-0.3, -0.25) is 4.79 Å². The van der Waals surface area contributed by atoms with Gasteiger partial charge in [0.2, 0.25) is 0 Å². The monoisotopic (exact) mass is 247 g/mol. The molecule has 1 aliphatic rings. The van der Waals surface area contributed by atoms with Crippen LogP contribution in [-0.4, -0.2) is 30.5 Å². The summed E-state index contributed by atoms with van der Waals surface area (Å²) in [6, 6.07) is 7.39. The molecule has 0 aromatic heterocycles. The van der Waals surface area contributed by atoms with Crippen molar-refractivity contribution in [2.45, 2.75) is 32.8 Å². The minimum absolute atomic E-state index is 0.0954. The molecule has 0 aliphatic heterocycles. The van der Waals surface area contributed by atoms with Crippen LogP contribution in [0.1, 0.15) is 37.0 Å². The van der Waals surface area contributed by atoms with Crippen molar-refractivity contribution < 1.29 is 9.53 Å². The van der Waals surface area contributed by atoms with Gasteiger partial charge in [-0.15, -0.1) is 0 Å². The lowest BCUT2D eigenvalue weighted by molar-refractivity contribution is 0.0788. The van der Waals surface area contributed by atoms with E-state index < -0.39 is 0 Å². The van der Waals surface area contributed by atoms with Crippen molar-refractivity contribution >= 4 is 5.91 Å². The summed E-state index contributed by atoms with van der Waals surface area (Å²) in [7, 11) is 1.87. The number of carbonyl (C=O) groups is 1. The summed E-state index contributed by atoms with van der Waals surface area (Å²) >= 11 is 0. The number of ether oxygens (including phenoxy) is 1. The van der Waals surface area contributed by atoms with Crippen LogP contribution in [-0.2, 0) is 0 Å². The van der Waals surface area contributed by atoms with E-state index in [2.05, 4.69) is 0 Å². The van der Waals surface area contributed by atoms with Gasteiger partial charge in [-0.25, -0.2) is 0 Å². The highest BCUT2D eigenvalue weighted by Gasteiger charge is 2.25. The third kappa shape index (κ3) is 3.49. The molecule has 0 saturated heterocycles. The van der Waals surface area contributed by atoms with Gasteiger partial charge in [0.05, 0.1) is 6.10 Å². The molecule has 3 nitrogen and oxygen atoms in total. The van der Waals surface area contributed by atoms with Crippen LogP contribution in [0.15, 0.2) is 24.3 Å². The molecular formula is C15H21NO2. The lowest BCUT2D eigenvalue weighted by Crippen LogP contribution is -2.28. The van der Waals surface area contributed by atoms with Gasteiger partial charge >= 0.3 is 0 Å². The summed E-state index contributed by atoms with van der Waals surface area (Å²) in [5.74, 6) is 1.63. The molecule has 18 heavy (non-hydrogen) atoms. The Morgan fingerprint density at radius 1 is 1.33 bits per heavy atom. The second-order valence-electron chi connectivity index (χ2n) is 5.32. The highest BCUT2D eigenvalue weighted by Crippen LogP contribution is 2.29. The Morgan fingerprint density at radius 3 is 2.44 bits per heavy atom. The molecule has 0 bridgehead atoms. The fourth-order valence-corrected chi connectivity index (χ4v) is 1.94. The van der Waals surface area contributed by atoms with Crippen LogP contribution in [0, 0.1) is 5.92 Å². The van der Waals surface area contributed by atoms with Crippen LogP contribution in [0.2, 0.25) is 0 Å². The van der Waals surface area contributed by atoms with Crippen molar-refractivity contribution in [2.75, 3.05) is 13.6 Å². The summed E-state index contributed by atoms with van der Waals surface area (Å²) in [5, 5.41) is 0. The van der Waals surface area contributed by atoms with Crippen molar-refractivity contribution in [1.82, 2.24) is 4.90 Å². The average molecular weight is 247 g/mol. The quantitative estimate of drug-likeness (QED) is 0.800. The second-order valence-corrected chi connectivity index (χ2v) is 5.32. The van der Waals surface area contributed by atoms with Crippen LogP contribution in [0.3, 0.4) is 0 Å². The minimum Gasteiger partial charge on any atom is -0.491 e. The number of nitrogens with zero attached hydrogens (tertiary/aromatic N) is 1. The van der Waals surface area contributed by atoms with Gasteiger partial charge in [0, 0.05) is 19.2 Å². The standard InChI is InChI=1S/C15H21NO2/c1-11(2)18-14-8-6-13(7-9-14)15(17)16(3)10-12-4-5-12/h6-9,11-12H,4-5,10H2,1-3H3. The van der Waals surface area contributed by atoms with Crippen LogP contribution in [0.25, 0.3) is 0 Å². The van der Waals surface area contributed by atoms with Crippen molar-refractivity contribution in [3.05, 3.63) is 29.8 Å². The first kappa shape index (κ1) is 12.9. The van der Waals surface area contributed by atoms with Crippen LogP contribution in [0.5, 0.6) is 5.75 Å². The largest absolute Gasteiger partial charge is 0.491 e. The van der Waals surface area contributed by atoms with Crippen molar-refractivity contribution in [3.8, 4) is 5.75 Å². The molecule has 3 heteroatoms. The Hall–Kier alpha value is -1.51. The fourth-order valence-electron chi connectivity index (χ4n) is 1.94. The maximum Gasteiger partial charge on any atom is 0.253 e. The molecule has 0 atom stereocenters. The molecule has 1 amide bonds. The third-order valence-electron chi connectivity index (χ3n) is 3.05. The maximum atomic E-state index is 12.1. The number of hydrogen-bond acceptors (Lipinski definition) is 2. The maximum absolute atomic E-state index is 12.1. The summed E-state index contributed by atoms with van der Waals surface area (Å²) in [6.07, 6.45) is 2.68. The van der Waals surface area contributed by atoms with E-state index >= 15 is 0 Å². The van der Waals surface area contributed by atoms with E-state index in [1.165, 1.54) is 12.8 Å². The SMILES string of the molecule is CC(C)Oc1ccc(C(=O)N(C)CC2CC2)cc1. The van der Waals surface area contributed by atoms with Crippen molar-refractivity contribution in [1.29, 1.82) is 0 Å². The van der Waals surface area contributed by atoms with E-state index in [-0.39, 0.29) is 12.0 Å². The zero-order valence-corrected chi connectivity index (χ0v) is 11.3. The molecule has 0 spiro atoms. The molecule has 0 unspecified atom stereocenters. The zero-order valence-electron chi connectivity index (χ0n) is 11.3. The van der Waals surface area contributed by atoms with E-state index in [1.54, 1.807) is 0 Å². The molecule has 1 aromatic carbocycles. The van der Waals surface area contributed by atoms with Gasteiger partial charge in [0.25, 0.3) is 5.91 Å². The number of amides is 1. The molecule has 0 heterocycles. The zero-order chi connectivity index (χ0) is 13.1. The summed E-state index contributed by atoms with van der Waals surface area (Å²) in [5.41, 5.74) is 0.731. The molecule has 1 aliphatic carbocycles. The van der Waals surface area contributed by atoms with Gasteiger partial charge in [0.1, 0.15) is 5.75 Å². The average Bonchev–Trinajstić information content (AvgIpc) is 3.12. The molecule has 0 N–H and O–H groups in total. The number of hydrogen-bond donors (Lipinski definition) is 0. The molecule has 98 valence electrons. The van der Waals surface area contributed by atoms with E-state index in [0.717, 1.165) is 23.8 Å². The Balaban J connectivity index is 1.96. The van der Waals surface area contributed by atoms with Gasteiger partial charge < -0.3 is 9.64 Å². The number of carbonyl (C=O) groups excluding carboxylic acids is 1. The fraction of sp³-hybridized carbons (Fsp3) is 0.533. The van der Waals surface area contributed by atoms with Gasteiger partial charge in [-0.05, 0) is 56.9 Å². The van der Waals surface area contributed by atoms with Gasteiger partial charge in [-0.2, -0.15) is 0 Å². The number of rotatable bonds is 5. The highest BCUT2D eigenvalue weighted by molar-refractivity contribution is 5.94. The van der Waals surface area contributed by atoms with E-state index in [0.29, 0.717) is 0 Å². The van der Waals surface area contributed by atoms with Crippen LogP contribution >= 0.6 is 0 Å². The van der Waals surface area contributed by atoms with Crippen molar-refractivity contribution in [3.63, 3.8) is 0 Å². The molecule has 1 fully saturated rings.